The molecule has 0 spiro atoms. The van der Waals surface area contributed by atoms with Crippen LogP contribution in [0, 0.1) is 0 Å². The summed E-state index contributed by atoms with van der Waals surface area (Å²) in [6.07, 6.45) is -0.835. The minimum absolute atomic E-state index is 0.0908. The van der Waals surface area contributed by atoms with Crippen molar-refractivity contribution in [3.8, 4) is 5.88 Å². The highest BCUT2D eigenvalue weighted by atomic mass is 16.6. The molecule has 0 aliphatic rings. The summed E-state index contributed by atoms with van der Waals surface area (Å²) >= 11 is 0. The number of imide groups is 1. The van der Waals surface area contributed by atoms with Gasteiger partial charge in [0.15, 0.2) is 0 Å². The molecule has 0 saturated carbocycles. The van der Waals surface area contributed by atoms with Crippen LogP contribution in [0.4, 0.5) is 10.5 Å². The van der Waals surface area contributed by atoms with Gasteiger partial charge >= 0.3 is 6.09 Å². The summed E-state index contributed by atoms with van der Waals surface area (Å²) in [4.78, 5) is 26.6. The molecule has 8 nitrogen and oxygen atoms in total. The van der Waals surface area contributed by atoms with Gasteiger partial charge in [-0.1, -0.05) is 18.2 Å². The zero-order valence-electron chi connectivity index (χ0n) is 15.8. The zero-order valence-corrected chi connectivity index (χ0v) is 15.8. The second-order valence-corrected chi connectivity index (χ2v) is 7.59. The Morgan fingerprint density at radius 2 is 1.58 bits per heavy atom. The number of carbonyl (C=O) groups is 2. The first-order valence-electron chi connectivity index (χ1n) is 8.12. The third-order valence-corrected chi connectivity index (χ3v) is 2.86. The van der Waals surface area contributed by atoms with Crippen LogP contribution in [0.15, 0.2) is 35.0 Å². The number of nitrogens with zero attached hydrogens (tertiary/aromatic N) is 3. The van der Waals surface area contributed by atoms with Crippen molar-refractivity contribution < 1.29 is 23.7 Å². The van der Waals surface area contributed by atoms with Crippen LogP contribution in [0.3, 0.4) is 0 Å². The molecule has 2 aromatic rings. The number of para-hydroxylation sites is 1. The minimum Gasteiger partial charge on any atom is -0.468 e. The first-order chi connectivity index (χ1) is 12.0. The van der Waals surface area contributed by atoms with Crippen molar-refractivity contribution >= 4 is 17.7 Å². The van der Waals surface area contributed by atoms with Gasteiger partial charge < -0.3 is 9.47 Å². The van der Waals surface area contributed by atoms with Crippen molar-refractivity contribution in [2.24, 2.45) is 0 Å². The Labute approximate surface area is 152 Å². The zero-order chi connectivity index (χ0) is 19.5. The van der Waals surface area contributed by atoms with Crippen molar-refractivity contribution in [3.63, 3.8) is 0 Å². The van der Waals surface area contributed by atoms with E-state index < -0.39 is 23.2 Å². The second kappa shape index (κ2) is 7.15. The maximum Gasteiger partial charge on any atom is 0.422 e. The van der Waals surface area contributed by atoms with Crippen molar-refractivity contribution in [3.05, 3.63) is 36.0 Å². The maximum absolute atomic E-state index is 13.0. The molecule has 0 aliphatic carbocycles. The van der Waals surface area contributed by atoms with E-state index in [4.69, 9.17) is 9.47 Å². The Bertz CT molecular complexity index is 772. The summed E-state index contributed by atoms with van der Waals surface area (Å²) < 4.78 is 15.6. The number of anilines is 1. The number of aromatic nitrogens is 2. The van der Waals surface area contributed by atoms with Crippen molar-refractivity contribution in [1.82, 2.24) is 10.3 Å². The second-order valence-electron chi connectivity index (χ2n) is 7.59. The lowest BCUT2D eigenvalue weighted by atomic mass is 10.2. The molecular formula is C18H23N3O5. The topological polar surface area (TPSA) is 94.8 Å². The van der Waals surface area contributed by atoms with Crippen LogP contribution in [0.2, 0.25) is 0 Å². The van der Waals surface area contributed by atoms with Crippen LogP contribution in [0.5, 0.6) is 5.88 Å². The van der Waals surface area contributed by atoms with Gasteiger partial charge in [-0.3, -0.25) is 4.79 Å². The van der Waals surface area contributed by atoms with Crippen molar-refractivity contribution in [2.75, 3.05) is 4.90 Å². The van der Waals surface area contributed by atoms with Crippen LogP contribution in [0.25, 0.3) is 0 Å². The molecule has 2 rings (SSSR count). The Morgan fingerprint density at radius 1 is 0.962 bits per heavy atom. The number of hydrogen-bond donors (Lipinski definition) is 0. The molecule has 1 heterocycles. The van der Waals surface area contributed by atoms with E-state index >= 15 is 0 Å². The number of benzene rings is 1. The summed E-state index contributed by atoms with van der Waals surface area (Å²) in [5.74, 6) is -0.849. The van der Waals surface area contributed by atoms with Crippen LogP contribution in [-0.4, -0.2) is 33.5 Å². The fourth-order valence-electron chi connectivity index (χ4n) is 1.96. The summed E-state index contributed by atoms with van der Waals surface area (Å²) in [7, 11) is 0. The van der Waals surface area contributed by atoms with E-state index in [2.05, 4.69) is 14.9 Å². The lowest BCUT2D eigenvalue weighted by Crippen LogP contribution is -2.41. The van der Waals surface area contributed by atoms with Crippen molar-refractivity contribution in [1.29, 1.82) is 0 Å². The first kappa shape index (κ1) is 19.4. The summed E-state index contributed by atoms with van der Waals surface area (Å²) in [6.45, 7) is 10.5. The molecule has 2 amide bonds. The SMILES string of the molecule is CC(C)(C)OC(=O)N(C(=O)c1nonc1OC(C)(C)C)c1ccccc1. The molecular weight excluding hydrogens is 338 g/mol. The van der Waals surface area contributed by atoms with Crippen LogP contribution in [-0.2, 0) is 4.74 Å². The number of ether oxygens (including phenoxy) is 2. The molecule has 0 fully saturated rings. The van der Waals surface area contributed by atoms with Gasteiger partial charge in [-0.25, -0.2) is 14.3 Å². The van der Waals surface area contributed by atoms with E-state index in [1.165, 1.54) is 0 Å². The number of hydrogen-bond acceptors (Lipinski definition) is 7. The van der Waals surface area contributed by atoms with Gasteiger partial charge in [0.05, 0.1) is 5.69 Å². The molecule has 0 bridgehead atoms. The van der Waals surface area contributed by atoms with Crippen LogP contribution in [0.1, 0.15) is 52.0 Å². The fraction of sp³-hybridized carbons (Fsp3) is 0.444. The highest BCUT2D eigenvalue weighted by Gasteiger charge is 2.35. The standard InChI is InChI=1S/C18H23N3O5/c1-17(2,3)24-14-13(19-26-20-14)15(22)21(12-10-8-7-9-11-12)16(23)25-18(4,5)6/h7-11H,1-6H3. The summed E-state index contributed by atoms with van der Waals surface area (Å²) in [5, 5.41) is 7.24. The molecule has 1 aromatic heterocycles. The molecule has 0 N–H and O–H groups in total. The molecule has 0 radical (unpaired) electrons. The molecule has 0 unspecified atom stereocenters. The smallest absolute Gasteiger partial charge is 0.422 e. The largest absolute Gasteiger partial charge is 0.468 e. The third-order valence-electron chi connectivity index (χ3n) is 2.86. The summed E-state index contributed by atoms with van der Waals surface area (Å²) in [5.41, 5.74) is -1.29. The van der Waals surface area contributed by atoms with Gasteiger partial charge in [-0.05, 0) is 64.0 Å². The predicted molar refractivity (Wildman–Crippen MR) is 94.2 cm³/mol. The van der Waals surface area contributed by atoms with Gasteiger partial charge in [0.1, 0.15) is 11.2 Å². The first-order valence-corrected chi connectivity index (χ1v) is 8.12. The molecule has 26 heavy (non-hydrogen) atoms. The van der Waals surface area contributed by atoms with Gasteiger partial charge in [0.2, 0.25) is 5.69 Å². The van der Waals surface area contributed by atoms with Crippen LogP contribution < -0.4 is 9.64 Å². The molecule has 0 atom stereocenters. The van der Waals surface area contributed by atoms with E-state index in [9.17, 15) is 9.59 Å². The lowest BCUT2D eigenvalue weighted by Gasteiger charge is -2.26. The van der Waals surface area contributed by atoms with Gasteiger partial charge in [-0.15, -0.1) is 0 Å². The summed E-state index contributed by atoms with van der Waals surface area (Å²) in [6, 6.07) is 8.40. The van der Waals surface area contributed by atoms with Gasteiger partial charge in [-0.2, -0.15) is 0 Å². The number of carbonyl (C=O) groups excluding carboxylic acids is 2. The molecule has 0 aliphatic heterocycles. The highest BCUT2D eigenvalue weighted by molar-refractivity contribution is 6.19. The molecule has 8 heteroatoms. The Balaban J connectivity index is 2.42. The average molecular weight is 361 g/mol. The monoisotopic (exact) mass is 361 g/mol. The van der Waals surface area contributed by atoms with Crippen LogP contribution >= 0.6 is 0 Å². The Hall–Kier alpha value is -2.90. The van der Waals surface area contributed by atoms with E-state index in [1.807, 2.05) is 0 Å². The normalized spacial score (nSPS) is 11.8. The maximum atomic E-state index is 13.0. The van der Waals surface area contributed by atoms with E-state index in [1.54, 1.807) is 71.9 Å². The highest BCUT2D eigenvalue weighted by Crippen LogP contribution is 2.25. The number of amides is 2. The minimum atomic E-state index is -0.835. The van der Waals surface area contributed by atoms with E-state index in [-0.39, 0.29) is 11.6 Å². The van der Waals surface area contributed by atoms with Crippen molar-refractivity contribution in [2.45, 2.75) is 52.7 Å². The number of rotatable bonds is 3. The van der Waals surface area contributed by atoms with Gasteiger partial charge in [0, 0.05) is 0 Å². The van der Waals surface area contributed by atoms with Gasteiger partial charge in [0.25, 0.3) is 11.8 Å². The predicted octanol–water partition coefficient (Wildman–Crippen LogP) is 3.83. The Morgan fingerprint density at radius 3 is 2.12 bits per heavy atom. The third kappa shape index (κ3) is 5.05. The van der Waals surface area contributed by atoms with E-state index in [0.29, 0.717) is 5.69 Å². The average Bonchev–Trinajstić information content (AvgIpc) is 2.92. The fourth-order valence-corrected chi connectivity index (χ4v) is 1.96. The molecule has 140 valence electrons. The molecule has 1 aromatic carbocycles. The lowest BCUT2D eigenvalue weighted by molar-refractivity contribution is 0.0562. The Kier molecular flexibility index (Phi) is 5.34. The molecule has 0 saturated heterocycles. The van der Waals surface area contributed by atoms with E-state index in [0.717, 1.165) is 4.90 Å². The quantitative estimate of drug-likeness (QED) is 0.820.